The number of ether oxygens (including phenoxy) is 1. The Bertz CT molecular complexity index is 403. The van der Waals surface area contributed by atoms with Crippen molar-refractivity contribution in [2.24, 2.45) is 11.8 Å². The van der Waals surface area contributed by atoms with E-state index < -0.39 is 0 Å². The molecule has 2 aliphatic rings. The van der Waals surface area contributed by atoms with Gasteiger partial charge in [0.2, 0.25) is 0 Å². The molecule has 2 N–H and O–H groups in total. The maximum absolute atomic E-state index is 9.74. The van der Waals surface area contributed by atoms with Crippen molar-refractivity contribution in [1.29, 1.82) is 0 Å². The van der Waals surface area contributed by atoms with E-state index >= 15 is 0 Å². The van der Waals surface area contributed by atoms with Gasteiger partial charge in [0.1, 0.15) is 5.75 Å². The molecular weight excluding hydrogens is 226 g/mol. The van der Waals surface area contributed by atoms with E-state index in [0.29, 0.717) is 17.9 Å². The van der Waals surface area contributed by atoms with Gasteiger partial charge in [-0.15, -0.1) is 0 Å². The monoisotopic (exact) mass is 247 g/mol. The molecular formula is C15H21NO2. The third-order valence-corrected chi connectivity index (χ3v) is 4.50. The number of rotatable bonds is 3. The van der Waals surface area contributed by atoms with Crippen LogP contribution < -0.4 is 10.1 Å². The normalized spacial score (nSPS) is 34.6. The maximum Gasteiger partial charge on any atom is 0.118 e. The quantitative estimate of drug-likeness (QED) is 0.852. The van der Waals surface area contributed by atoms with Crippen LogP contribution >= 0.6 is 0 Å². The number of methoxy groups -OCH3 is 1. The summed E-state index contributed by atoms with van der Waals surface area (Å²) in [5.74, 6) is 2.25. The molecule has 0 radical (unpaired) electrons. The van der Waals surface area contributed by atoms with Gasteiger partial charge < -0.3 is 15.2 Å². The first-order chi connectivity index (χ1) is 8.76. The van der Waals surface area contributed by atoms with E-state index in [2.05, 4.69) is 17.4 Å². The average Bonchev–Trinajstić information content (AvgIpc) is 2.91. The minimum absolute atomic E-state index is 0.0690. The molecule has 3 heteroatoms. The standard InChI is InChI=1S/C15H21NO2/c1-18-13-4-2-10(3-5-13)6-15-14-8-12(17)7-11(14)9-16-15/h2-5,11-12,14-17H,6-9H2,1H3. The predicted octanol–water partition coefficient (Wildman–Crippen LogP) is 1.60. The van der Waals surface area contributed by atoms with E-state index in [0.717, 1.165) is 31.6 Å². The first-order valence-corrected chi connectivity index (χ1v) is 6.80. The van der Waals surface area contributed by atoms with Gasteiger partial charge in [-0.05, 0) is 55.3 Å². The van der Waals surface area contributed by atoms with Crippen LogP contribution in [0.25, 0.3) is 0 Å². The second-order valence-corrected chi connectivity index (χ2v) is 5.62. The summed E-state index contributed by atoms with van der Waals surface area (Å²) < 4.78 is 5.17. The van der Waals surface area contributed by atoms with Crippen molar-refractivity contribution in [3.05, 3.63) is 29.8 Å². The van der Waals surface area contributed by atoms with Gasteiger partial charge in [0.25, 0.3) is 0 Å². The van der Waals surface area contributed by atoms with Crippen molar-refractivity contribution in [1.82, 2.24) is 5.32 Å². The van der Waals surface area contributed by atoms with Crippen molar-refractivity contribution in [3.8, 4) is 5.75 Å². The molecule has 1 aromatic carbocycles. The second kappa shape index (κ2) is 4.90. The summed E-state index contributed by atoms with van der Waals surface area (Å²) in [5, 5.41) is 13.4. The van der Waals surface area contributed by atoms with Gasteiger partial charge in [0.15, 0.2) is 0 Å². The number of hydrogen-bond acceptors (Lipinski definition) is 3. The SMILES string of the molecule is COc1ccc(CC2NCC3CC(O)CC32)cc1. The summed E-state index contributed by atoms with van der Waals surface area (Å²) in [6, 6.07) is 8.84. The Morgan fingerprint density at radius 2 is 2.06 bits per heavy atom. The minimum atomic E-state index is -0.0690. The van der Waals surface area contributed by atoms with Crippen LogP contribution in [0.15, 0.2) is 24.3 Å². The van der Waals surface area contributed by atoms with Crippen LogP contribution in [0.2, 0.25) is 0 Å². The maximum atomic E-state index is 9.74. The van der Waals surface area contributed by atoms with Gasteiger partial charge >= 0.3 is 0 Å². The molecule has 3 nitrogen and oxygen atoms in total. The highest BCUT2D eigenvalue weighted by molar-refractivity contribution is 5.28. The van der Waals surface area contributed by atoms with E-state index in [1.165, 1.54) is 5.56 Å². The Kier molecular flexibility index (Phi) is 3.27. The largest absolute Gasteiger partial charge is 0.497 e. The first kappa shape index (κ1) is 12.0. The van der Waals surface area contributed by atoms with Gasteiger partial charge in [0, 0.05) is 6.04 Å². The molecule has 0 aromatic heterocycles. The van der Waals surface area contributed by atoms with Crippen molar-refractivity contribution in [3.63, 3.8) is 0 Å². The van der Waals surface area contributed by atoms with Gasteiger partial charge in [-0.2, -0.15) is 0 Å². The summed E-state index contributed by atoms with van der Waals surface area (Å²) in [6.07, 6.45) is 2.94. The molecule has 1 saturated carbocycles. The van der Waals surface area contributed by atoms with Crippen LogP contribution in [0, 0.1) is 11.8 Å². The Labute approximate surface area is 108 Å². The zero-order chi connectivity index (χ0) is 12.5. The molecule has 1 aromatic rings. The van der Waals surface area contributed by atoms with E-state index in [1.54, 1.807) is 7.11 Å². The number of nitrogens with one attached hydrogen (secondary N) is 1. The number of benzene rings is 1. The van der Waals surface area contributed by atoms with Crippen LogP contribution in [0.3, 0.4) is 0 Å². The zero-order valence-electron chi connectivity index (χ0n) is 10.8. The lowest BCUT2D eigenvalue weighted by Crippen LogP contribution is -2.30. The third kappa shape index (κ3) is 2.25. The fourth-order valence-corrected chi connectivity index (χ4v) is 3.55. The van der Waals surface area contributed by atoms with Gasteiger partial charge in [-0.1, -0.05) is 12.1 Å². The average molecular weight is 247 g/mol. The number of aliphatic hydroxyl groups is 1. The molecule has 0 spiro atoms. The van der Waals surface area contributed by atoms with Crippen molar-refractivity contribution >= 4 is 0 Å². The van der Waals surface area contributed by atoms with Crippen molar-refractivity contribution < 1.29 is 9.84 Å². The lowest BCUT2D eigenvalue weighted by Gasteiger charge is -2.18. The van der Waals surface area contributed by atoms with Crippen LogP contribution in [0.1, 0.15) is 18.4 Å². The molecule has 18 heavy (non-hydrogen) atoms. The highest BCUT2D eigenvalue weighted by atomic mass is 16.5. The highest BCUT2D eigenvalue weighted by Crippen LogP contribution is 2.38. The summed E-state index contributed by atoms with van der Waals surface area (Å²) in [5.41, 5.74) is 1.34. The zero-order valence-corrected chi connectivity index (χ0v) is 10.8. The molecule has 1 heterocycles. The second-order valence-electron chi connectivity index (χ2n) is 5.62. The predicted molar refractivity (Wildman–Crippen MR) is 70.7 cm³/mol. The summed E-state index contributed by atoms with van der Waals surface area (Å²) in [4.78, 5) is 0. The Morgan fingerprint density at radius 1 is 1.28 bits per heavy atom. The number of fused-ring (bicyclic) bond motifs is 1. The van der Waals surface area contributed by atoms with Crippen LogP contribution in [-0.2, 0) is 6.42 Å². The summed E-state index contributed by atoms with van der Waals surface area (Å²) in [7, 11) is 1.69. The molecule has 3 rings (SSSR count). The summed E-state index contributed by atoms with van der Waals surface area (Å²) >= 11 is 0. The molecule has 1 saturated heterocycles. The molecule has 0 bridgehead atoms. The number of hydrogen-bond donors (Lipinski definition) is 2. The van der Waals surface area contributed by atoms with Crippen molar-refractivity contribution in [2.45, 2.75) is 31.4 Å². The van der Waals surface area contributed by atoms with Gasteiger partial charge in [0.05, 0.1) is 13.2 Å². The lowest BCUT2D eigenvalue weighted by molar-refractivity contribution is 0.169. The Morgan fingerprint density at radius 3 is 2.78 bits per heavy atom. The lowest BCUT2D eigenvalue weighted by atomic mass is 9.90. The Hall–Kier alpha value is -1.06. The smallest absolute Gasteiger partial charge is 0.118 e. The summed E-state index contributed by atoms with van der Waals surface area (Å²) in [6.45, 7) is 1.07. The topological polar surface area (TPSA) is 41.5 Å². The number of aliphatic hydroxyl groups excluding tert-OH is 1. The van der Waals surface area contributed by atoms with E-state index in [-0.39, 0.29) is 6.10 Å². The fourth-order valence-electron chi connectivity index (χ4n) is 3.55. The molecule has 4 unspecified atom stereocenters. The molecule has 4 atom stereocenters. The molecule has 1 aliphatic heterocycles. The van der Waals surface area contributed by atoms with E-state index in [1.807, 2.05) is 12.1 Å². The fraction of sp³-hybridized carbons (Fsp3) is 0.600. The molecule has 98 valence electrons. The van der Waals surface area contributed by atoms with Gasteiger partial charge in [-0.25, -0.2) is 0 Å². The molecule has 1 aliphatic carbocycles. The van der Waals surface area contributed by atoms with Crippen LogP contribution in [0.4, 0.5) is 0 Å². The van der Waals surface area contributed by atoms with Gasteiger partial charge in [-0.3, -0.25) is 0 Å². The van der Waals surface area contributed by atoms with Crippen LogP contribution in [0.5, 0.6) is 5.75 Å². The van der Waals surface area contributed by atoms with Crippen LogP contribution in [-0.4, -0.2) is 30.9 Å². The highest BCUT2D eigenvalue weighted by Gasteiger charge is 2.42. The minimum Gasteiger partial charge on any atom is -0.497 e. The van der Waals surface area contributed by atoms with E-state index in [4.69, 9.17) is 4.74 Å². The van der Waals surface area contributed by atoms with E-state index in [9.17, 15) is 5.11 Å². The molecule has 0 amide bonds. The van der Waals surface area contributed by atoms with Crippen molar-refractivity contribution in [2.75, 3.05) is 13.7 Å². The first-order valence-electron chi connectivity index (χ1n) is 6.80. The molecule has 2 fully saturated rings. The third-order valence-electron chi connectivity index (χ3n) is 4.50. The Balaban J connectivity index is 1.65.